The van der Waals surface area contributed by atoms with E-state index in [1.807, 2.05) is 0 Å². The third-order valence-corrected chi connectivity index (χ3v) is 2.08. The maximum atomic E-state index is 13.0. The van der Waals surface area contributed by atoms with Crippen molar-refractivity contribution >= 4 is 15.9 Å². The molecular weight excluding hydrogens is 244 g/mol. The van der Waals surface area contributed by atoms with Gasteiger partial charge in [0.2, 0.25) is 0 Å². The van der Waals surface area contributed by atoms with E-state index in [1.165, 1.54) is 6.07 Å². The third kappa shape index (κ3) is 2.24. The fraction of sp³-hybridized carbons (Fsp3) is 0.250. The lowest BCUT2D eigenvalue weighted by atomic mass is 10.1. The Bertz CT molecular complexity index is 319. The van der Waals surface area contributed by atoms with E-state index in [1.54, 1.807) is 0 Å². The van der Waals surface area contributed by atoms with Crippen molar-refractivity contribution in [3.8, 4) is 0 Å². The fourth-order valence-corrected chi connectivity index (χ4v) is 1.39. The van der Waals surface area contributed by atoms with Crippen molar-refractivity contribution in [2.75, 3.05) is 6.61 Å². The Balaban J connectivity index is 3.20. The zero-order valence-electron chi connectivity index (χ0n) is 6.60. The largest absolute Gasteiger partial charge is 0.394 e. The number of nitrogens with two attached hydrogens (primary N) is 1. The van der Waals surface area contributed by atoms with Gasteiger partial charge in [-0.1, -0.05) is 15.9 Å². The van der Waals surface area contributed by atoms with Crippen molar-refractivity contribution in [1.29, 1.82) is 0 Å². The second-order valence-electron chi connectivity index (χ2n) is 2.58. The van der Waals surface area contributed by atoms with Gasteiger partial charge in [0, 0.05) is 10.0 Å². The summed E-state index contributed by atoms with van der Waals surface area (Å²) < 4.78 is 26.2. The summed E-state index contributed by atoms with van der Waals surface area (Å²) in [5.41, 5.74) is 5.32. The molecule has 0 aliphatic rings. The highest BCUT2D eigenvalue weighted by Gasteiger charge is 2.15. The normalized spacial score (nSPS) is 13.0. The summed E-state index contributed by atoms with van der Waals surface area (Å²) in [6.07, 6.45) is 0. The molecule has 0 bridgehead atoms. The average Bonchev–Trinajstić information content (AvgIpc) is 2.10. The van der Waals surface area contributed by atoms with Gasteiger partial charge in [-0.15, -0.1) is 0 Å². The molecule has 0 saturated heterocycles. The molecule has 0 amide bonds. The minimum Gasteiger partial charge on any atom is -0.394 e. The van der Waals surface area contributed by atoms with Crippen LogP contribution in [-0.4, -0.2) is 11.7 Å². The third-order valence-electron chi connectivity index (χ3n) is 1.62. The van der Waals surface area contributed by atoms with Gasteiger partial charge in [-0.05, 0) is 12.1 Å². The molecular formula is C8H8BrF2NO. The summed E-state index contributed by atoms with van der Waals surface area (Å²) in [5, 5.41) is 8.67. The quantitative estimate of drug-likeness (QED) is 0.787. The molecule has 0 radical (unpaired) electrons. The van der Waals surface area contributed by atoms with E-state index < -0.39 is 24.3 Å². The molecule has 13 heavy (non-hydrogen) atoms. The first-order valence-corrected chi connectivity index (χ1v) is 4.36. The van der Waals surface area contributed by atoms with Gasteiger partial charge in [0.15, 0.2) is 11.6 Å². The predicted molar refractivity (Wildman–Crippen MR) is 48.1 cm³/mol. The number of hydrogen-bond acceptors (Lipinski definition) is 2. The highest BCUT2D eigenvalue weighted by molar-refractivity contribution is 9.10. The second-order valence-corrected chi connectivity index (χ2v) is 3.50. The van der Waals surface area contributed by atoms with Crippen LogP contribution in [0, 0.1) is 11.6 Å². The van der Waals surface area contributed by atoms with E-state index in [9.17, 15) is 8.78 Å². The van der Waals surface area contributed by atoms with E-state index >= 15 is 0 Å². The molecule has 3 N–H and O–H groups in total. The van der Waals surface area contributed by atoms with Crippen molar-refractivity contribution in [1.82, 2.24) is 0 Å². The standard InChI is InChI=1S/C8H8BrF2NO/c9-4-1-5(7(12)3-13)8(11)6(10)2-4/h1-2,7,13H,3,12H2. The summed E-state index contributed by atoms with van der Waals surface area (Å²) in [7, 11) is 0. The van der Waals surface area contributed by atoms with Crippen molar-refractivity contribution in [3.63, 3.8) is 0 Å². The predicted octanol–water partition coefficient (Wildman–Crippen LogP) is 1.72. The molecule has 1 aromatic rings. The fourth-order valence-electron chi connectivity index (χ4n) is 0.944. The number of hydrogen-bond donors (Lipinski definition) is 2. The molecule has 5 heteroatoms. The molecule has 0 aromatic heterocycles. The molecule has 0 saturated carbocycles. The first-order chi connectivity index (χ1) is 6.06. The highest BCUT2D eigenvalue weighted by Crippen LogP contribution is 2.22. The number of rotatable bonds is 2. The van der Waals surface area contributed by atoms with E-state index in [2.05, 4.69) is 15.9 Å². The lowest BCUT2D eigenvalue weighted by molar-refractivity contribution is 0.264. The zero-order chi connectivity index (χ0) is 10.0. The molecule has 72 valence electrons. The van der Waals surface area contributed by atoms with Gasteiger partial charge >= 0.3 is 0 Å². The lowest BCUT2D eigenvalue weighted by Crippen LogP contribution is -2.16. The van der Waals surface area contributed by atoms with Gasteiger partial charge in [-0.3, -0.25) is 0 Å². The van der Waals surface area contributed by atoms with Gasteiger partial charge in [0.1, 0.15) is 0 Å². The highest BCUT2D eigenvalue weighted by atomic mass is 79.9. The van der Waals surface area contributed by atoms with Crippen LogP contribution >= 0.6 is 15.9 Å². The summed E-state index contributed by atoms with van der Waals surface area (Å²) in [5.74, 6) is -1.99. The Morgan fingerprint density at radius 1 is 1.46 bits per heavy atom. The Labute approximate surface area is 82.5 Å². The Morgan fingerprint density at radius 3 is 2.62 bits per heavy atom. The minimum atomic E-state index is -1.01. The first-order valence-electron chi connectivity index (χ1n) is 3.57. The Kier molecular flexibility index (Phi) is 3.35. The van der Waals surface area contributed by atoms with Crippen LogP contribution in [0.15, 0.2) is 16.6 Å². The molecule has 2 nitrogen and oxygen atoms in total. The van der Waals surface area contributed by atoms with Gasteiger partial charge in [-0.2, -0.15) is 0 Å². The molecule has 0 heterocycles. The van der Waals surface area contributed by atoms with Crippen molar-refractivity contribution in [2.24, 2.45) is 5.73 Å². The Morgan fingerprint density at radius 2 is 2.08 bits per heavy atom. The van der Waals surface area contributed by atoms with Crippen LogP contribution in [0.3, 0.4) is 0 Å². The van der Waals surface area contributed by atoms with E-state index in [4.69, 9.17) is 10.8 Å². The molecule has 1 unspecified atom stereocenters. The topological polar surface area (TPSA) is 46.2 Å². The van der Waals surface area contributed by atoms with Crippen LogP contribution in [0.25, 0.3) is 0 Å². The van der Waals surface area contributed by atoms with Gasteiger partial charge in [-0.25, -0.2) is 8.78 Å². The van der Waals surface area contributed by atoms with Crippen LogP contribution in [0.1, 0.15) is 11.6 Å². The average molecular weight is 252 g/mol. The molecule has 0 aliphatic heterocycles. The molecule has 1 atom stereocenters. The maximum absolute atomic E-state index is 13.0. The summed E-state index contributed by atoms with van der Waals surface area (Å²) in [6.45, 7) is -0.424. The summed E-state index contributed by atoms with van der Waals surface area (Å²) in [4.78, 5) is 0. The molecule has 1 aromatic carbocycles. The molecule has 0 fully saturated rings. The SMILES string of the molecule is NC(CO)c1cc(Br)cc(F)c1F. The van der Waals surface area contributed by atoms with Crippen molar-refractivity contribution in [3.05, 3.63) is 33.8 Å². The van der Waals surface area contributed by atoms with Crippen molar-refractivity contribution < 1.29 is 13.9 Å². The Hall–Kier alpha value is -0.520. The summed E-state index contributed by atoms with van der Waals surface area (Å²) in [6, 6.07) is 1.45. The number of aliphatic hydroxyl groups excluding tert-OH is 1. The number of benzene rings is 1. The van der Waals surface area contributed by atoms with Gasteiger partial charge < -0.3 is 10.8 Å². The minimum absolute atomic E-state index is 0.0330. The maximum Gasteiger partial charge on any atom is 0.163 e. The van der Waals surface area contributed by atoms with Crippen LogP contribution in [-0.2, 0) is 0 Å². The molecule has 1 rings (SSSR count). The van der Waals surface area contributed by atoms with Crippen LogP contribution in [0.4, 0.5) is 8.78 Å². The zero-order valence-corrected chi connectivity index (χ0v) is 8.18. The van der Waals surface area contributed by atoms with E-state index in [-0.39, 0.29) is 5.56 Å². The lowest BCUT2D eigenvalue weighted by Gasteiger charge is -2.10. The van der Waals surface area contributed by atoms with Gasteiger partial charge in [0.05, 0.1) is 12.6 Å². The molecule has 0 spiro atoms. The van der Waals surface area contributed by atoms with Crippen molar-refractivity contribution in [2.45, 2.75) is 6.04 Å². The number of halogens is 3. The first kappa shape index (κ1) is 10.6. The summed E-state index contributed by atoms with van der Waals surface area (Å²) >= 11 is 3.00. The van der Waals surface area contributed by atoms with Crippen LogP contribution < -0.4 is 5.73 Å². The van der Waals surface area contributed by atoms with Gasteiger partial charge in [0.25, 0.3) is 0 Å². The van der Waals surface area contributed by atoms with E-state index in [0.29, 0.717) is 4.47 Å². The van der Waals surface area contributed by atoms with Crippen LogP contribution in [0.2, 0.25) is 0 Å². The smallest absolute Gasteiger partial charge is 0.163 e. The monoisotopic (exact) mass is 251 g/mol. The second kappa shape index (κ2) is 4.13. The number of aliphatic hydroxyl groups is 1. The van der Waals surface area contributed by atoms with Crippen LogP contribution in [0.5, 0.6) is 0 Å². The molecule has 0 aliphatic carbocycles. The van der Waals surface area contributed by atoms with E-state index in [0.717, 1.165) is 6.07 Å².